The van der Waals surface area contributed by atoms with Gasteiger partial charge in [0, 0.05) is 0 Å². The summed E-state index contributed by atoms with van der Waals surface area (Å²) in [6.45, 7) is 9.36. The van der Waals surface area contributed by atoms with Crippen LogP contribution in [-0.4, -0.2) is 12.4 Å². The summed E-state index contributed by atoms with van der Waals surface area (Å²) in [5.74, 6) is 0.238. The van der Waals surface area contributed by atoms with Crippen molar-refractivity contribution in [1.82, 2.24) is 0 Å². The third kappa shape index (κ3) is 5.30. The number of amidine groups is 1. The smallest absolute Gasteiger partial charge is 0.119 e. The van der Waals surface area contributed by atoms with Gasteiger partial charge in [0.1, 0.15) is 5.83 Å². The van der Waals surface area contributed by atoms with Gasteiger partial charge in [0.15, 0.2) is 0 Å². The lowest BCUT2D eigenvalue weighted by atomic mass is 10.1. The van der Waals surface area contributed by atoms with Crippen LogP contribution in [0.1, 0.15) is 20.8 Å². The van der Waals surface area contributed by atoms with Gasteiger partial charge >= 0.3 is 0 Å². The van der Waals surface area contributed by atoms with Gasteiger partial charge < -0.3 is 5.73 Å². The molecule has 3 heteroatoms. The van der Waals surface area contributed by atoms with Gasteiger partial charge in [-0.15, -0.1) is 0 Å². The van der Waals surface area contributed by atoms with Crippen LogP contribution in [0.25, 0.3) is 0 Å². The lowest BCUT2D eigenvalue weighted by Gasteiger charge is -2.02. The van der Waals surface area contributed by atoms with E-state index < -0.39 is 0 Å². The molecule has 0 aromatic heterocycles. The lowest BCUT2D eigenvalue weighted by Crippen LogP contribution is -2.06. The minimum absolute atomic E-state index is 0.267. The van der Waals surface area contributed by atoms with E-state index in [1.54, 1.807) is 20.8 Å². The molecule has 2 nitrogen and oxygen atoms in total. The van der Waals surface area contributed by atoms with E-state index >= 15 is 0 Å². The molecule has 0 radical (unpaired) electrons. The highest BCUT2D eigenvalue weighted by Crippen LogP contribution is 2.11. The number of nitrogens with zero attached hydrogens (tertiary/aromatic N) is 1. The highest BCUT2D eigenvalue weighted by molar-refractivity contribution is 5.77. The molecule has 14 heavy (non-hydrogen) atoms. The predicted molar refractivity (Wildman–Crippen MR) is 59.9 cm³/mol. The molecule has 2 N–H and O–H groups in total. The molecule has 0 spiro atoms. The zero-order valence-electron chi connectivity index (χ0n) is 8.97. The Kier molecular flexibility index (Phi) is 5.53. The fourth-order valence-corrected chi connectivity index (χ4v) is 0.737. The van der Waals surface area contributed by atoms with Crippen molar-refractivity contribution in [2.45, 2.75) is 20.8 Å². The molecule has 0 unspecified atom stereocenters. The third-order valence-electron chi connectivity index (χ3n) is 1.71. The van der Waals surface area contributed by atoms with Gasteiger partial charge in [0.05, 0.1) is 12.4 Å². The number of allylic oxidation sites excluding steroid dienone is 3. The maximum absolute atomic E-state index is 12.8. The molecule has 0 saturated carbocycles. The van der Waals surface area contributed by atoms with E-state index in [2.05, 4.69) is 11.6 Å². The Bertz CT molecular complexity index is 294. The highest BCUT2D eigenvalue weighted by atomic mass is 19.1. The van der Waals surface area contributed by atoms with Crippen molar-refractivity contribution >= 4 is 5.84 Å². The van der Waals surface area contributed by atoms with Gasteiger partial charge in [0.25, 0.3) is 0 Å². The van der Waals surface area contributed by atoms with Gasteiger partial charge in [-0.3, -0.25) is 4.99 Å². The van der Waals surface area contributed by atoms with Gasteiger partial charge in [0.2, 0.25) is 0 Å². The van der Waals surface area contributed by atoms with Crippen LogP contribution < -0.4 is 5.73 Å². The molecule has 0 fully saturated rings. The number of hydrogen-bond donors (Lipinski definition) is 1. The molecular weight excluding hydrogens is 179 g/mol. The fraction of sp³-hybridized carbons (Fsp3) is 0.364. The van der Waals surface area contributed by atoms with Crippen LogP contribution in [0.5, 0.6) is 0 Å². The van der Waals surface area contributed by atoms with Gasteiger partial charge in [-0.1, -0.05) is 12.7 Å². The van der Waals surface area contributed by atoms with Crippen molar-refractivity contribution in [2.24, 2.45) is 10.7 Å². The molecule has 0 amide bonds. The number of rotatable bonds is 4. The van der Waals surface area contributed by atoms with Crippen molar-refractivity contribution in [3.8, 4) is 0 Å². The van der Waals surface area contributed by atoms with Crippen LogP contribution in [0.2, 0.25) is 0 Å². The largest absolute Gasteiger partial charge is 0.388 e. The normalized spacial score (nSPS) is 14.4. The Morgan fingerprint density at radius 2 is 2.07 bits per heavy atom. The number of nitrogens with two attached hydrogens (primary N) is 1. The lowest BCUT2D eigenvalue weighted by molar-refractivity contribution is 0.663. The second-order valence-corrected chi connectivity index (χ2v) is 3.06. The maximum Gasteiger partial charge on any atom is 0.119 e. The van der Waals surface area contributed by atoms with Crippen molar-refractivity contribution < 1.29 is 4.39 Å². The molecule has 0 aliphatic heterocycles. The Morgan fingerprint density at radius 3 is 2.50 bits per heavy atom. The molecule has 0 aromatic rings. The van der Waals surface area contributed by atoms with Crippen molar-refractivity contribution in [3.63, 3.8) is 0 Å². The summed E-state index contributed by atoms with van der Waals surface area (Å²) in [5, 5.41) is 0. The molecule has 0 aromatic carbocycles. The topological polar surface area (TPSA) is 38.4 Å². The second kappa shape index (κ2) is 6.13. The van der Waals surface area contributed by atoms with E-state index in [0.29, 0.717) is 12.4 Å². The van der Waals surface area contributed by atoms with Gasteiger partial charge in [-0.25, -0.2) is 4.39 Å². The molecule has 0 bridgehead atoms. The Balaban J connectivity index is 4.41. The van der Waals surface area contributed by atoms with E-state index in [4.69, 9.17) is 5.73 Å². The predicted octanol–water partition coefficient (Wildman–Crippen LogP) is 2.74. The average Bonchev–Trinajstić information content (AvgIpc) is 2.13. The molecule has 0 atom stereocenters. The standard InChI is InChI=1S/C11H17FN2/c1-5-11(12)6-8(2)9(3)7-14-10(4)13/h5-6H,3,7H2,1-2,4H3,(H2,13,14)/b8-6-,11-5+. The first kappa shape index (κ1) is 12.6. The molecule has 78 valence electrons. The molecule has 0 rings (SSSR count). The highest BCUT2D eigenvalue weighted by Gasteiger charge is 1.97. The molecular formula is C11H17FN2. The summed E-state index contributed by atoms with van der Waals surface area (Å²) in [4.78, 5) is 3.99. The summed E-state index contributed by atoms with van der Waals surface area (Å²) < 4.78 is 12.8. The van der Waals surface area contributed by atoms with E-state index in [-0.39, 0.29) is 5.83 Å². The van der Waals surface area contributed by atoms with Crippen LogP contribution >= 0.6 is 0 Å². The zero-order valence-corrected chi connectivity index (χ0v) is 8.97. The Labute approximate surface area is 84.7 Å². The number of hydrogen-bond acceptors (Lipinski definition) is 1. The van der Waals surface area contributed by atoms with E-state index in [9.17, 15) is 4.39 Å². The average molecular weight is 196 g/mol. The van der Waals surface area contributed by atoms with Crippen molar-refractivity contribution in [2.75, 3.05) is 6.54 Å². The van der Waals surface area contributed by atoms with Crippen molar-refractivity contribution in [3.05, 3.63) is 35.7 Å². The Hall–Kier alpha value is -1.38. The molecule has 0 aliphatic rings. The first-order chi connectivity index (χ1) is 6.47. The molecule has 0 heterocycles. The first-order valence-electron chi connectivity index (χ1n) is 4.42. The van der Waals surface area contributed by atoms with E-state index in [1.165, 1.54) is 12.2 Å². The Morgan fingerprint density at radius 1 is 1.50 bits per heavy atom. The van der Waals surface area contributed by atoms with Crippen LogP contribution in [-0.2, 0) is 0 Å². The summed E-state index contributed by atoms with van der Waals surface area (Å²) in [6, 6.07) is 0. The first-order valence-corrected chi connectivity index (χ1v) is 4.42. The molecule has 0 saturated heterocycles. The SMILES string of the molecule is C=C(CN=C(C)N)/C(C)=C\C(F)=C/C. The minimum atomic E-state index is -0.267. The van der Waals surface area contributed by atoms with Gasteiger partial charge in [-0.05, 0) is 38.0 Å². The summed E-state index contributed by atoms with van der Waals surface area (Å²) in [5.41, 5.74) is 6.93. The second-order valence-electron chi connectivity index (χ2n) is 3.06. The molecule has 0 aliphatic carbocycles. The van der Waals surface area contributed by atoms with Gasteiger partial charge in [-0.2, -0.15) is 0 Å². The van der Waals surface area contributed by atoms with Crippen LogP contribution in [0, 0.1) is 0 Å². The number of halogens is 1. The summed E-state index contributed by atoms with van der Waals surface area (Å²) >= 11 is 0. The van der Waals surface area contributed by atoms with Crippen LogP contribution in [0.4, 0.5) is 4.39 Å². The quantitative estimate of drug-likeness (QED) is 0.419. The zero-order chi connectivity index (χ0) is 11.1. The fourth-order valence-electron chi connectivity index (χ4n) is 0.737. The van der Waals surface area contributed by atoms with Crippen molar-refractivity contribution in [1.29, 1.82) is 0 Å². The van der Waals surface area contributed by atoms with E-state index in [1.807, 2.05) is 0 Å². The monoisotopic (exact) mass is 196 g/mol. The van der Waals surface area contributed by atoms with Crippen LogP contribution in [0.3, 0.4) is 0 Å². The van der Waals surface area contributed by atoms with Crippen LogP contribution in [0.15, 0.2) is 40.7 Å². The maximum atomic E-state index is 12.8. The number of aliphatic imine (C=N–C) groups is 1. The summed E-state index contributed by atoms with van der Waals surface area (Å²) in [6.07, 6.45) is 2.83. The van der Waals surface area contributed by atoms with E-state index in [0.717, 1.165) is 11.1 Å². The minimum Gasteiger partial charge on any atom is -0.388 e. The third-order valence-corrected chi connectivity index (χ3v) is 1.71. The summed E-state index contributed by atoms with van der Waals surface area (Å²) in [7, 11) is 0.